The maximum atomic E-state index is 10.7. The van der Waals surface area contributed by atoms with E-state index in [2.05, 4.69) is 158 Å². The predicted octanol–water partition coefficient (Wildman–Crippen LogP) is 13.1. The van der Waals surface area contributed by atoms with Crippen molar-refractivity contribution in [1.29, 1.82) is 5.26 Å². The lowest BCUT2D eigenvalue weighted by molar-refractivity contribution is 1.16. The van der Waals surface area contributed by atoms with Crippen molar-refractivity contribution in [3.8, 4) is 34.3 Å². The van der Waals surface area contributed by atoms with Crippen LogP contribution in [0.5, 0.6) is 0 Å². The van der Waals surface area contributed by atoms with Gasteiger partial charge in [-0.15, -0.1) is 0 Å². The molecular formula is C50H29N5. The first-order chi connectivity index (χ1) is 27.2. The van der Waals surface area contributed by atoms with Gasteiger partial charge in [-0.05, 0) is 77.9 Å². The minimum atomic E-state index is 0.543. The molecule has 8 aromatic carbocycles. The zero-order valence-electron chi connectivity index (χ0n) is 29.5. The Kier molecular flexibility index (Phi) is 6.61. The van der Waals surface area contributed by atoms with E-state index in [9.17, 15) is 5.26 Å². The minimum Gasteiger partial charge on any atom is -0.319 e. The van der Waals surface area contributed by atoms with Gasteiger partial charge < -0.3 is 13.7 Å². The van der Waals surface area contributed by atoms with E-state index in [1.54, 1.807) is 0 Å². The summed E-state index contributed by atoms with van der Waals surface area (Å²) in [5.74, 6) is 0. The van der Waals surface area contributed by atoms with Crippen molar-refractivity contribution in [2.24, 2.45) is 0 Å². The first kappa shape index (κ1) is 30.7. The molecule has 0 fully saturated rings. The first-order valence-electron chi connectivity index (χ1n) is 18.3. The molecule has 0 aliphatic heterocycles. The average molecular weight is 700 g/mol. The van der Waals surface area contributed by atoms with Gasteiger partial charge in [-0.1, -0.05) is 109 Å². The molecule has 3 heterocycles. The maximum absolute atomic E-state index is 10.7. The molecule has 3 aromatic heterocycles. The summed E-state index contributed by atoms with van der Waals surface area (Å²) in [7, 11) is 0. The van der Waals surface area contributed by atoms with Crippen LogP contribution in [-0.2, 0) is 0 Å². The van der Waals surface area contributed by atoms with E-state index in [-0.39, 0.29) is 0 Å². The van der Waals surface area contributed by atoms with Crippen LogP contribution in [0.25, 0.3) is 98.5 Å². The predicted molar refractivity (Wildman–Crippen MR) is 226 cm³/mol. The number of para-hydroxylation sites is 5. The van der Waals surface area contributed by atoms with Crippen molar-refractivity contribution in [2.45, 2.75) is 0 Å². The Balaban J connectivity index is 1.06. The Labute approximate surface area is 316 Å². The Morgan fingerprint density at radius 1 is 0.400 bits per heavy atom. The SMILES string of the molecule is [C-]#[N+]c1cc2c(cc1-n1c3ccccc3c3ccccc31)c1ccccc1n2-c1ccc(-c2ccc(-n3c4ccccc4c4ccccc43)cc2)cc1C#N. The maximum Gasteiger partial charge on any atom is 0.212 e. The van der Waals surface area contributed by atoms with Gasteiger partial charge in [0.2, 0.25) is 5.69 Å². The summed E-state index contributed by atoms with van der Waals surface area (Å²) >= 11 is 0. The number of rotatable bonds is 4. The van der Waals surface area contributed by atoms with Crippen LogP contribution in [0.3, 0.4) is 0 Å². The first-order valence-corrected chi connectivity index (χ1v) is 18.3. The van der Waals surface area contributed by atoms with Gasteiger partial charge in [0.15, 0.2) is 0 Å². The fraction of sp³-hybridized carbons (Fsp3) is 0. The van der Waals surface area contributed by atoms with Crippen LogP contribution >= 0.6 is 0 Å². The zero-order chi connectivity index (χ0) is 36.6. The average Bonchev–Trinajstić information content (AvgIpc) is 3.88. The quantitative estimate of drug-likeness (QED) is 0.169. The highest BCUT2D eigenvalue weighted by Gasteiger charge is 2.21. The molecule has 0 saturated heterocycles. The van der Waals surface area contributed by atoms with Crippen LogP contribution in [0.4, 0.5) is 5.69 Å². The number of benzene rings is 8. The zero-order valence-corrected chi connectivity index (χ0v) is 29.5. The van der Waals surface area contributed by atoms with Gasteiger partial charge >= 0.3 is 0 Å². The number of hydrogen-bond donors (Lipinski definition) is 0. The number of fused-ring (bicyclic) bond motifs is 9. The molecule has 0 radical (unpaired) electrons. The summed E-state index contributed by atoms with van der Waals surface area (Å²) in [6, 6.07) is 63.4. The van der Waals surface area contributed by atoms with Crippen molar-refractivity contribution >= 4 is 71.1 Å². The van der Waals surface area contributed by atoms with Crippen LogP contribution in [0.1, 0.15) is 5.56 Å². The highest BCUT2D eigenvalue weighted by molar-refractivity contribution is 6.14. The molecule has 5 heteroatoms. The van der Waals surface area contributed by atoms with Crippen molar-refractivity contribution in [2.75, 3.05) is 0 Å². The van der Waals surface area contributed by atoms with Crippen molar-refractivity contribution in [1.82, 2.24) is 13.7 Å². The fourth-order valence-corrected chi connectivity index (χ4v) is 8.71. The van der Waals surface area contributed by atoms with Crippen LogP contribution < -0.4 is 0 Å². The van der Waals surface area contributed by atoms with Crippen molar-refractivity contribution in [3.63, 3.8) is 0 Å². The van der Waals surface area contributed by atoms with Crippen LogP contribution in [-0.4, -0.2) is 13.7 Å². The minimum absolute atomic E-state index is 0.543. The second-order valence-corrected chi connectivity index (χ2v) is 14.0. The summed E-state index contributed by atoms with van der Waals surface area (Å²) in [4.78, 5) is 4.10. The van der Waals surface area contributed by atoms with Gasteiger partial charge in [0.25, 0.3) is 0 Å². The van der Waals surface area contributed by atoms with Crippen molar-refractivity contribution in [3.05, 3.63) is 193 Å². The van der Waals surface area contributed by atoms with E-state index in [1.165, 1.54) is 21.8 Å². The Morgan fingerprint density at radius 3 is 1.33 bits per heavy atom. The lowest BCUT2D eigenvalue weighted by atomic mass is 10.0. The number of aromatic nitrogens is 3. The van der Waals surface area contributed by atoms with Gasteiger partial charge in [-0.2, -0.15) is 5.26 Å². The standard InChI is InChI=1S/C50H29N5/c1-52-42-30-49-41(29-50(42)55-46-19-9-4-14-38(46)39-15-5-10-20-47(39)55)40-16-6-11-21-48(40)54(49)43-27-24-33(28-34(43)31-51)32-22-25-35(26-23-32)53-44-17-7-2-12-36(44)37-13-3-8-18-45(37)53/h2-30H. The fourth-order valence-electron chi connectivity index (χ4n) is 8.71. The lowest BCUT2D eigenvalue weighted by Crippen LogP contribution is -1.99. The van der Waals surface area contributed by atoms with Gasteiger partial charge in [0, 0.05) is 43.5 Å². The lowest BCUT2D eigenvalue weighted by Gasteiger charge is -2.14. The Hall–Kier alpha value is -7.86. The molecular weight excluding hydrogens is 671 g/mol. The Morgan fingerprint density at radius 2 is 0.836 bits per heavy atom. The largest absolute Gasteiger partial charge is 0.319 e. The smallest absolute Gasteiger partial charge is 0.212 e. The molecule has 0 bridgehead atoms. The summed E-state index contributed by atoms with van der Waals surface area (Å²) in [6.45, 7) is 8.38. The monoisotopic (exact) mass is 699 g/mol. The summed E-state index contributed by atoms with van der Waals surface area (Å²) < 4.78 is 6.67. The molecule has 55 heavy (non-hydrogen) atoms. The summed E-state index contributed by atoms with van der Waals surface area (Å²) in [5, 5.41) is 17.5. The second-order valence-electron chi connectivity index (χ2n) is 14.0. The number of hydrogen-bond acceptors (Lipinski definition) is 1. The molecule has 0 atom stereocenters. The molecule has 11 aromatic rings. The third-order valence-electron chi connectivity index (χ3n) is 11.1. The second kappa shape index (κ2) is 11.8. The molecule has 5 nitrogen and oxygen atoms in total. The summed E-state index contributed by atoms with van der Waals surface area (Å²) in [5.41, 5.74) is 12.1. The number of nitrogens with zero attached hydrogens (tertiary/aromatic N) is 5. The topological polar surface area (TPSA) is 42.9 Å². The molecule has 0 N–H and O–H groups in total. The van der Waals surface area contributed by atoms with E-state index >= 15 is 0 Å². The molecule has 0 unspecified atom stereocenters. The van der Waals surface area contributed by atoms with E-state index in [4.69, 9.17) is 6.57 Å². The molecule has 11 rings (SSSR count). The van der Waals surface area contributed by atoms with Crippen LogP contribution in [0.15, 0.2) is 176 Å². The normalized spacial score (nSPS) is 11.6. The van der Waals surface area contributed by atoms with Gasteiger partial charge in [-0.25, -0.2) is 4.85 Å². The number of nitriles is 1. The van der Waals surface area contributed by atoms with E-state index in [0.717, 1.165) is 71.8 Å². The van der Waals surface area contributed by atoms with Gasteiger partial charge in [-0.3, -0.25) is 0 Å². The molecule has 0 saturated carbocycles. The molecule has 0 amide bonds. The van der Waals surface area contributed by atoms with E-state index < -0.39 is 0 Å². The van der Waals surface area contributed by atoms with Gasteiger partial charge in [0.05, 0.1) is 51.1 Å². The highest BCUT2D eigenvalue weighted by atomic mass is 15.0. The Bertz CT molecular complexity index is 3350. The van der Waals surface area contributed by atoms with E-state index in [1.807, 2.05) is 42.5 Å². The van der Waals surface area contributed by atoms with Crippen LogP contribution in [0.2, 0.25) is 0 Å². The highest BCUT2D eigenvalue weighted by Crippen LogP contribution is 2.42. The van der Waals surface area contributed by atoms with Crippen LogP contribution in [0, 0.1) is 17.9 Å². The molecule has 254 valence electrons. The molecule has 0 aliphatic carbocycles. The van der Waals surface area contributed by atoms with Crippen molar-refractivity contribution < 1.29 is 0 Å². The third kappa shape index (κ3) is 4.45. The van der Waals surface area contributed by atoms with E-state index in [0.29, 0.717) is 11.3 Å². The van der Waals surface area contributed by atoms with Gasteiger partial charge in [0.1, 0.15) is 6.07 Å². The molecule has 0 aliphatic rings. The third-order valence-corrected chi connectivity index (χ3v) is 11.1. The molecule has 0 spiro atoms. The summed E-state index contributed by atoms with van der Waals surface area (Å²) in [6.07, 6.45) is 0.